The Morgan fingerprint density at radius 1 is 1.26 bits per heavy atom. The van der Waals surface area contributed by atoms with Crippen molar-refractivity contribution in [2.45, 2.75) is 19.1 Å². The molecular formula is C21H28F3IN4OS. The number of likely N-dealkylation sites (N-methyl/N-ethyl adjacent to an activating group) is 1. The minimum atomic E-state index is -4.42. The molecule has 1 aliphatic rings. The van der Waals surface area contributed by atoms with Gasteiger partial charge in [0.25, 0.3) is 0 Å². The zero-order chi connectivity index (χ0) is 21.6. The zero-order valence-electron chi connectivity index (χ0n) is 17.6. The van der Waals surface area contributed by atoms with Gasteiger partial charge in [0, 0.05) is 50.8 Å². The van der Waals surface area contributed by atoms with Crippen molar-refractivity contribution in [1.82, 2.24) is 10.2 Å². The number of hydrogen-bond donors (Lipinski definition) is 1. The van der Waals surface area contributed by atoms with Gasteiger partial charge in [0.1, 0.15) is 0 Å². The summed E-state index contributed by atoms with van der Waals surface area (Å²) in [5.41, 5.74) is 0.162. The molecule has 1 saturated heterocycles. The van der Waals surface area contributed by atoms with Crippen LogP contribution in [0.25, 0.3) is 0 Å². The average Bonchev–Trinajstić information content (AvgIpc) is 3.26. The van der Waals surface area contributed by atoms with Crippen LogP contribution in [-0.4, -0.2) is 57.8 Å². The van der Waals surface area contributed by atoms with Crippen molar-refractivity contribution in [2.75, 3.05) is 51.8 Å². The highest BCUT2D eigenvalue weighted by Gasteiger charge is 2.34. The van der Waals surface area contributed by atoms with Gasteiger partial charge in [-0.2, -0.15) is 13.2 Å². The number of halogens is 4. The second-order valence-electron chi connectivity index (χ2n) is 7.09. The maximum Gasteiger partial charge on any atom is 0.416 e. The van der Waals surface area contributed by atoms with E-state index >= 15 is 0 Å². The Labute approximate surface area is 202 Å². The average molecular weight is 568 g/mol. The molecule has 10 heteroatoms. The van der Waals surface area contributed by atoms with Crippen molar-refractivity contribution < 1.29 is 17.9 Å². The number of thiophene rings is 1. The fraction of sp³-hybridized carbons (Fsp3) is 0.476. The summed E-state index contributed by atoms with van der Waals surface area (Å²) >= 11 is 1.69. The van der Waals surface area contributed by atoms with Crippen molar-refractivity contribution in [1.29, 1.82) is 0 Å². The minimum absolute atomic E-state index is 0. The van der Waals surface area contributed by atoms with E-state index in [1.165, 1.54) is 10.9 Å². The molecule has 1 N–H and O–H groups in total. The number of nitrogens with one attached hydrogen (secondary N) is 1. The second-order valence-corrected chi connectivity index (χ2v) is 8.12. The van der Waals surface area contributed by atoms with E-state index in [1.54, 1.807) is 30.5 Å². The Morgan fingerprint density at radius 3 is 2.61 bits per heavy atom. The van der Waals surface area contributed by atoms with Gasteiger partial charge in [-0.15, -0.1) is 35.3 Å². The summed E-state index contributed by atoms with van der Waals surface area (Å²) in [6.07, 6.45) is -3.56. The predicted octanol–water partition coefficient (Wildman–Crippen LogP) is 4.47. The number of rotatable bonds is 6. The molecule has 2 aromatic rings. The Bertz CT molecular complexity index is 840. The normalized spacial score (nSPS) is 14.9. The largest absolute Gasteiger partial charge is 0.416 e. The topological polar surface area (TPSA) is 40.1 Å². The lowest BCUT2D eigenvalue weighted by Crippen LogP contribution is -2.40. The number of anilines is 1. The number of nitrogens with zero attached hydrogens (tertiary/aromatic N) is 3. The lowest BCUT2D eigenvalue weighted by atomic mass is 10.0. The van der Waals surface area contributed by atoms with Crippen molar-refractivity contribution in [3.05, 3.63) is 51.7 Å². The molecule has 172 valence electrons. The molecule has 1 aliphatic heterocycles. The first kappa shape index (κ1) is 25.7. The van der Waals surface area contributed by atoms with Crippen LogP contribution in [0.3, 0.4) is 0 Å². The number of benzene rings is 1. The van der Waals surface area contributed by atoms with Crippen LogP contribution in [0.1, 0.15) is 16.0 Å². The molecule has 5 nitrogen and oxygen atoms in total. The van der Waals surface area contributed by atoms with Gasteiger partial charge >= 0.3 is 6.18 Å². The summed E-state index contributed by atoms with van der Waals surface area (Å²) in [6, 6.07) is 8.62. The monoisotopic (exact) mass is 568 g/mol. The van der Waals surface area contributed by atoms with E-state index in [9.17, 15) is 13.2 Å². The smallest absolute Gasteiger partial charge is 0.378 e. The summed E-state index contributed by atoms with van der Waals surface area (Å²) in [6.45, 7) is 3.02. The van der Waals surface area contributed by atoms with Crippen LogP contribution in [0, 0.1) is 0 Å². The number of guanidine groups is 1. The van der Waals surface area contributed by atoms with Crippen LogP contribution < -0.4 is 10.2 Å². The Balaban J connectivity index is 0.00000341. The maximum atomic E-state index is 13.7. The molecule has 1 fully saturated rings. The van der Waals surface area contributed by atoms with Crippen molar-refractivity contribution in [3.8, 4) is 0 Å². The van der Waals surface area contributed by atoms with Gasteiger partial charge in [-0.25, -0.2) is 0 Å². The van der Waals surface area contributed by atoms with Crippen molar-refractivity contribution >= 4 is 47.0 Å². The standard InChI is InChI=1S/C21H27F3N4OS.HI/c1-25-20(27(2)8-7-18-4-3-13-30-18)26-15-16-5-6-17(14-19(16)21(22,23)24)28-9-11-29-12-10-28;/h3-6,13-14H,7-12,15H2,1-2H3,(H,25,26);1H. The molecule has 1 aromatic carbocycles. The zero-order valence-corrected chi connectivity index (χ0v) is 20.8. The van der Waals surface area contributed by atoms with Crippen molar-refractivity contribution in [3.63, 3.8) is 0 Å². The Hall–Kier alpha value is -1.53. The van der Waals surface area contributed by atoms with Gasteiger partial charge in [-0.1, -0.05) is 12.1 Å². The van der Waals surface area contributed by atoms with Gasteiger partial charge < -0.3 is 19.9 Å². The third-order valence-corrected chi connectivity index (χ3v) is 6.00. The maximum absolute atomic E-state index is 13.7. The van der Waals surface area contributed by atoms with E-state index in [-0.39, 0.29) is 36.1 Å². The molecule has 31 heavy (non-hydrogen) atoms. The molecule has 0 spiro atoms. The Kier molecular flexibility index (Phi) is 9.89. The van der Waals surface area contributed by atoms with E-state index in [1.807, 2.05) is 28.3 Å². The van der Waals surface area contributed by atoms with Gasteiger partial charge in [0.05, 0.1) is 18.8 Å². The first-order chi connectivity index (χ1) is 14.4. The lowest BCUT2D eigenvalue weighted by molar-refractivity contribution is -0.138. The number of hydrogen-bond acceptors (Lipinski definition) is 4. The summed E-state index contributed by atoms with van der Waals surface area (Å²) < 4.78 is 46.5. The van der Waals surface area contributed by atoms with Gasteiger partial charge in [-0.05, 0) is 35.6 Å². The van der Waals surface area contributed by atoms with Crippen LogP contribution in [-0.2, 0) is 23.9 Å². The molecule has 0 unspecified atom stereocenters. The highest BCUT2D eigenvalue weighted by Crippen LogP contribution is 2.35. The van der Waals surface area contributed by atoms with Crippen LogP contribution in [0.4, 0.5) is 18.9 Å². The quantitative estimate of drug-likeness (QED) is 0.317. The molecule has 3 rings (SSSR count). The summed E-state index contributed by atoms with van der Waals surface area (Å²) in [5, 5.41) is 5.10. The van der Waals surface area contributed by atoms with Crippen molar-refractivity contribution in [2.24, 2.45) is 4.99 Å². The number of ether oxygens (including phenoxy) is 1. The van der Waals surface area contributed by atoms with E-state index in [4.69, 9.17) is 4.74 Å². The molecule has 0 atom stereocenters. The minimum Gasteiger partial charge on any atom is -0.378 e. The van der Waals surface area contributed by atoms with Gasteiger partial charge in [-0.3, -0.25) is 4.99 Å². The molecule has 0 aliphatic carbocycles. The summed E-state index contributed by atoms with van der Waals surface area (Å²) in [4.78, 5) is 9.33. The van der Waals surface area contributed by atoms with Crippen LogP contribution >= 0.6 is 35.3 Å². The second kappa shape index (κ2) is 11.9. The highest BCUT2D eigenvalue weighted by atomic mass is 127. The van der Waals surface area contributed by atoms with Gasteiger partial charge in [0.2, 0.25) is 0 Å². The first-order valence-corrected chi connectivity index (χ1v) is 10.7. The number of aliphatic imine (C=N–C) groups is 1. The van der Waals surface area contributed by atoms with E-state index in [2.05, 4.69) is 16.4 Å². The molecular weight excluding hydrogens is 540 g/mol. The summed E-state index contributed by atoms with van der Waals surface area (Å²) in [7, 11) is 3.52. The third kappa shape index (κ3) is 7.25. The molecule has 0 bridgehead atoms. The Morgan fingerprint density at radius 2 is 2.00 bits per heavy atom. The van der Waals surface area contributed by atoms with E-state index < -0.39 is 11.7 Å². The molecule has 0 saturated carbocycles. The summed E-state index contributed by atoms with van der Waals surface area (Å²) in [5.74, 6) is 0.567. The van der Waals surface area contributed by atoms with Crippen LogP contribution in [0.2, 0.25) is 0 Å². The van der Waals surface area contributed by atoms with E-state index in [0.717, 1.165) is 13.0 Å². The number of alkyl halides is 3. The molecule has 0 amide bonds. The van der Waals surface area contributed by atoms with Crippen LogP contribution in [0.15, 0.2) is 40.7 Å². The van der Waals surface area contributed by atoms with Crippen LogP contribution in [0.5, 0.6) is 0 Å². The molecule has 2 heterocycles. The highest BCUT2D eigenvalue weighted by molar-refractivity contribution is 14.0. The first-order valence-electron chi connectivity index (χ1n) is 9.85. The fourth-order valence-electron chi connectivity index (χ4n) is 3.40. The lowest BCUT2D eigenvalue weighted by Gasteiger charge is -2.30. The predicted molar refractivity (Wildman–Crippen MR) is 131 cm³/mol. The fourth-order valence-corrected chi connectivity index (χ4v) is 4.10. The van der Waals surface area contributed by atoms with E-state index in [0.29, 0.717) is 38.0 Å². The third-order valence-electron chi connectivity index (χ3n) is 5.06. The number of morpholine rings is 1. The molecule has 0 radical (unpaired) electrons. The molecule has 1 aromatic heterocycles. The van der Waals surface area contributed by atoms with Gasteiger partial charge in [0.15, 0.2) is 5.96 Å². The SMILES string of the molecule is CN=C(NCc1ccc(N2CCOCC2)cc1C(F)(F)F)N(C)CCc1cccs1.I.